The number of allylic oxidation sites excluding steroid dienone is 2. The van der Waals surface area contributed by atoms with Crippen molar-refractivity contribution in [1.29, 1.82) is 0 Å². The van der Waals surface area contributed by atoms with Crippen molar-refractivity contribution in [2.24, 2.45) is 10.1 Å². The standard InChI is InChI=1S/C12H18N4O3S.ClH/c13-5-1-2-6-14-12(17)10-4-3-7-16-8-9-20(18,19)15-11(10)16;/h3-4,7H,1-2,5-6,8-9,13H2,(H,14,17);1H. The van der Waals surface area contributed by atoms with Gasteiger partial charge in [-0.3, -0.25) is 4.79 Å². The van der Waals surface area contributed by atoms with E-state index in [1.807, 2.05) is 0 Å². The molecule has 0 atom stereocenters. The molecule has 2 aliphatic heterocycles. The topological polar surface area (TPSA) is 105 Å². The second-order valence-corrected chi connectivity index (χ2v) is 6.32. The van der Waals surface area contributed by atoms with E-state index in [0.29, 0.717) is 19.6 Å². The quantitative estimate of drug-likeness (QED) is 0.675. The van der Waals surface area contributed by atoms with Crippen molar-refractivity contribution in [3.8, 4) is 0 Å². The number of carbonyl (C=O) groups excluding carboxylic acids is 1. The number of nitrogens with one attached hydrogen (secondary N) is 1. The van der Waals surface area contributed by atoms with Crippen molar-refractivity contribution in [3.05, 3.63) is 23.9 Å². The maximum Gasteiger partial charge on any atom is 0.256 e. The van der Waals surface area contributed by atoms with E-state index in [0.717, 1.165) is 12.8 Å². The van der Waals surface area contributed by atoms with Gasteiger partial charge in [-0.15, -0.1) is 16.8 Å². The molecule has 0 bridgehead atoms. The number of nitrogens with zero attached hydrogens (tertiary/aromatic N) is 2. The van der Waals surface area contributed by atoms with Crippen LogP contribution in [-0.2, 0) is 14.8 Å². The molecular weight excluding hydrogens is 316 g/mol. The van der Waals surface area contributed by atoms with Crippen LogP contribution in [0.15, 0.2) is 28.3 Å². The Morgan fingerprint density at radius 1 is 1.43 bits per heavy atom. The second kappa shape index (κ2) is 7.58. The van der Waals surface area contributed by atoms with Gasteiger partial charge in [-0.05, 0) is 31.5 Å². The van der Waals surface area contributed by atoms with E-state index >= 15 is 0 Å². The number of halogens is 1. The first kappa shape index (κ1) is 17.7. The molecule has 2 heterocycles. The molecule has 21 heavy (non-hydrogen) atoms. The monoisotopic (exact) mass is 334 g/mol. The van der Waals surface area contributed by atoms with Gasteiger partial charge in [0.15, 0.2) is 5.84 Å². The molecule has 0 spiro atoms. The molecule has 2 aliphatic rings. The Morgan fingerprint density at radius 2 is 2.19 bits per heavy atom. The van der Waals surface area contributed by atoms with Gasteiger partial charge in [0.25, 0.3) is 15.9 Å². The predicted molar refractivity (Wildman–Crippen MR) is 83.7 cm³/mol. The third kappa shape index (κ3) is 4.55. The number of amidine groups is 1. The molecule has 0 saturated carbocycles. The SMILES string of the molecule is Cl.NCCCCNC(=O)C1=CC=CN2CCS(=O)(=O)N=C12. The summed E-state index contributed by atoms with van der Waals surface area (Å²) in [5, 5.41) is 2.75. The molecule has 0 fully saturated rings. The first-order chi connectivity index (χ1) is 9.53. The lowest BCUT2D eigenvalue weighted by Crippen LogP contribution is -2.42. The van der Waals surface area contributed by atoms with Gasteiger partial charge in [0.05, 0.1) is 11.3 Å². The van der Waals surface area contributed by atoms with E-state index in [4.69, 9.17) is 5.73 Å². The highest BCUT2D eigenvalue weighted by atomic mass is 35.5. The third-order valence-electron chi connectivity index (χ3n) is 3.02. The van der Waals surface area contributed by atoms with Crippen LogP contribution in [0.3, 0.4) is 0 Å². The molecule has 1 amide bonds. The maximum absolute atomic E-state index is 12.1. The van der Waals surface area contributed by atoms with E-state index in [9.17, 15) is 13.2 Å². The van der Waals surface area contributed by atoms with Crippen LogP contribution in [0, 0.1) is 0 Å². The normalized spacial score (nSPS) is 19.0. The zero-order valence-electron chi connectivity index (χ0n) is 11.5. The van der Waals surface area contributed by atoms with Crippen LogP contribution in [0.1, 0.15) is 12.8 Å². The maximum atomic E-state index is 12.1. The summed E-state index contributed by atoms with van der Waals surface area (Å²) in [4.78, 5) is 13.8. The van der Waals surface area contributed by atoms with Crippen LogP contribution in [0.4, 0.5) is 0 Å². The zero-order valence-corrected chi connectivity index (χ0v) is 13.1. The fourth-order valence-corrected chi connectivity index (χ4v) is 2.95. The average molecular weight is 335 g/mol. The lowest BCUT2D eigenvalue weighted by molar-refractivity contribution is -0.117. The molecule has 0 aromatic carbocycles. The molecule has 118 valence electrons. The number of fused-ring (bicyclic) bond motifs is 1. The number of carbonyl (C=O) groups is 1. The van der Waals surface area contributed by atoms with Crippen LogP contribution >= 0.6 is 12.4 Å². The highest BCUT2D eigenvalue weighted by Crippen LogP contribution is 2.17. The summed E-state index contributed by atoms with van der Waals surface area (Å²) in [5.41, 5.74) is 5.66. The summed E-state index contributed by atoms with van der Waals surface area (Å²) in [6.07, 6.45) is 6.64. The lowest BCUT2D eigenvalue weighted by atomic mass is 10.1. The molecular formula is C12H19ClN4O3S. The van der Waals surface area contributed by atoms with Gasteiger partial charge in [-0.1, -0.05) is 0 Å². The second-order valence-electron chi connectivity index (χ2n) is 4.57. The fourth-order valence-electron chi connectivity index (χ4n) is 1.96. The van der Waals surface area contributed by atoms with Gasteiger partial charge in [0.2, 0.25) is 0 Å². The van der Waals surface area contributed by atoms with Gasteiger partial charge in [0.1, 0.15) is 0 Å². The van der Waals surface area contributed by atoms with Crippen molar-refractivity contribution in [2.45, 2.75) is 12.8 Å². The molecule has 2 rings (SSSR count). The Morgan fingerprint density at radius 3 is 2.90 bits per heavy atom. The minimum Gasteiger partial charge on any atom is -0.352 e. The molecule has 0 aliphatic carbocycles. The molecule has 0 aromatic rings. The Bertz CT molecular complexity index is 583. The van der Waals surface area contributed by atoms with E-state index in [1.165, 1.54) is 0 Å². The summed E-state index contributed by atoms with van der Waals surface area (Å²) < 4.78 is 26.8. The summed E-state index contributed by atoms with van der Waals surface area (Å²) in [5.74, 6) is -0.144. The lowest BCUT2D eigenvalue weighted by Gasteiger charge is -2.28. The molecule has 9 heteroatoms. The summed E-state index contributed by atoms with van der Waals surface area (Å²) >= 11 is 0. The molecule has 3 N–H and O–H groups in total. The highest BCUT2D eigenvalue weighted by molar-refractivity contribution is 7.90. The summed E-state index contributed by atoms with van der Waals surface area (Å²) in [7, 11) is -3.47. The number of nitrogens with two attached hydrogens (primary N) is 1. The van der Waals surface area contributed by atoms with Crippen molar-refractivity contribution in [1.82, 2.24) is 10.2 Å². The number of sulfonamides is 1. The largest absolute Gasteiger partial charge is 0.352 e. The van der Waals surface area contributed by atoms with Crippen molar-refractivity contribution >= 4 is 34.2 Å². The van der Waals surface area contributed by atoms with Gasteiger partial charge in [-0.25, -0.2) is 8.42 Å². The number of unbranched alkanes of at least 4 members (excludes halogenated alkanes) is 1. The van der Waals surface area contributed by atoms with E-state index in [2.05, 4.69) is 9.71 Å². The Kier molecular flexibility index (Phi) is 6.38. The molecule has 0 saturated heterocycles. The smallest absolute Gasteiger partial charge is 0.256 e. The van der Waals surface area contributed by atoms with Gasteiger partial charge >= 0.3 is 0 Å². The van der Waals surface area contributed by atoms with Gasteiger partial charge < -0.3 is 16.0 Å². The zero-order chi connectivity index (χ0) is 14.6. The number of rotatable bonds is 5. The predicted octanol–water partition coefficient (Wildman–Crippen LogP) is -0.239. The minimum absolute atomic E-state index is 0. The van der Waals surface area contributed by atoms with Crippen LogP contribution in [-0.4, -0.2) is 50.4 Å². The van der Waals surface area contributed by atoms with Crippen molar-refractivity contribution < 1.29 is 13.2 Å². The van der Waals surface area contributed by atoms with Crippen LogP contribution in [0.2, 0.25) is 0 Å². The molecule has 0 radical (unpaired) electrons. The van der Waals surface area contributed by atoms with Crippen LogP contribution in [0.25, 0.3) is 0 Å². The van der Waals surface area contributed by atoms with E-state index in [-0.39, 0.29) is 35.5 Å². The minimum atomic E-state index is -3.47. The van der Waals surface area contributed by atoms with E-state index < -0.39 is 10.0 Å². The van der Waals surface area contributed by atoms with Gasteiger partial charge in [0, 0.05) is 19.3 Å². The number of hydrogen-bond donors (Lipinski definition) is 2. The van der Waals surface area contributed by atoms with Gasteiger partial charge in [-0.2, -0.15) is 0 Å². The van der Waals surface area contributed by atoms with Crippen molar-refractivity contribution in [2.75, 3.05) is 25.4 Å². The van der Waals surface area contributed by atoms with E-state index in [1.54, 1.807) is 23.3 Å². The fraction of sp³-hybridized carbons (Fsp3) is 0.500. The Hall–Kier alpha value is -1.38. The highest BCUT2D eigenvalue weighted by Gasteiger charge is 2.29. The summed E-state index contributed by atoms with van der Waals surface area (Å²) in [6.45, 7) is 1.41. The molecule has 0 unspecified atom stereocenters. The van der Waals surface area contributed by atoms with Crippen LogP contribution < -0.4 is 11.1 Å². The van der Waals surface area contributed by atoms with Crippen molar-refractivity contribution in [3.63, 3.8) is 0 Å². The molecule has 0 aromatic heterocycles. The summed E-state index contributed by atoms with van der Waals surface area (Å²) in [6, 6.07) is 0. The molecule has 7 nitrogen and oxygen atoms in total. The number of amides is 1. The number of hydrogen-bond acceptors (Lipinski definition) is 5. The first-order valence-corrected chi connectivity index (χ1v) is 8.11. The van der Waals surface area contributed by atoms with Crippen LogP contribution in [0.5, 0.6) is 0 Å². The Balaban J connectivity index is 0.00000220. The first-order valence-electron chi connectivity index (χ1n) is 6.50. The third-order valence-corrected chi connectivity index (χ3v) is 4.17. The Labute approximate surface area is 130 Å². The average Bonchev–Trinajstić information content (AvgIpc) is 2.42.